The van der Waals surface area contributed by atoms with Crippen molar-refractivity contribution in [3.63, 3.8) is 0 Å². The summed E-state index contributed by atoms with van der Waals surface area (Å²) in [5.41, 5.74) is 0.894. The van der Waals surface area contributed by atoms with Crippen molar-refractivity contribution in [3.05, 3.63) is 34.6 Å². The number of nitrogens with zero attached hydrogens (tertiary/aromatic N) is 2. The Labute approximate surface area is 101 Å². The predicted molar refractivity (Wildman–Crippen MR) is 61.9 cm³/mol. The molecule has 5 heteroatoms. The topological polar surface area (TPSA) is 38.9 Å². The van der Waals surface area contributed by atoms with Gasteiger partial charge in [-0.25, -0.2) is 0 Å². The van der Waals surface area contributed by atoms with Gasteiger partial charge < -0.3 is 4.42 Å². The minimum Gasteiger partial charge on any atom is -0.421 e. The van der Waals surface area contributed by atoms with Gasteiger partial charge in [-0.3, -0.25) is 0 Å². The molecule has 78 valence electrons. The molecular formula is C10H8BrClN2O. The average molecular weight is 288 g/mol. The number of aryl methyl sites for hydroxylation is 1. The van der Waals surface area contributed by atoms with Crippen LogP contribution in [-0.4, -0.2) is 16.1 Å². The first kappa shape index (κ1) is 10.6. The zero-order chi connectivity index (χ0) is 10.7. The third-order valence-electron chi connectivity index (χ3n) is 1.88. The van der Waals surface area contributed by atoms with E-state index in [0.717, 1.165) is 10.0 Å². The highest BCUT2D eigenvalue weighted by Crippen LogP contribution is 2.26. The predicted octanol–water partition coefficient (Wildman–Crippen LogP) is 3.28. The number of rotatable bonds is 3. The maximum Gasteiger partial charge on any atom is 0.248 e. The zero-order valence-electron chi connectivity index (χ0n) is 7.78. The van der Waals surface area contributed by atoms with Crippen LogP contribution < -0.4 is 0 Å². The van der Waals surface area contributed by atoms with Gasteiger partial charge >= 0.3 is 0 Å². The summed E-state index contributed by atoms with van der Waals surface area (Å²) >= 11 is 9.01. The van der Waals surface area contributed by atoms with Crippen LogP contribution in [0.4, 0.5) is 0 Å². The number of hydrogen-bond donors (Lipinski definition) is 0. The van der Waals surface area contributed by atoms with E-state index in [1.54, 1.807) is 0 Å². The monoisotopic (exact) mass is 286 g/mol. The molecule has 0 bridgehead atoms. The standard InChI is InChI=1S/C10H8BrClN2O/c11-8-4-2-1-3-7(8)10-14-13-9(15-10)5-6-12/h1-4H,5-6H2. The van der Waals surface area contributed by atoms with Gasteiger partial charge in [0.25, 0.3) is 0 Å². The summed E-state index contributed by atoms with van der Waals surface area (Å²) in [5.74, 6) is 1.57. The lowest BCUT2D eigenvalue weighted by Crippen LogP contribution is -1.84. The van der Waals surface area contributed by atoms with Gasteiger partial charge in [-0.1, -0.05) is 12.1 Å². The zero-order valence-corrected chi connectivity index (χ0v) is 10.1. The molecule has 2 aromatic rings. The molecule has 0 N–H and O–H groups in total. The number of halogens is 2. The molecule has 2 rings (SSSR count). The van der Waals surface area contributed by atoms with Crippen LogP contribution in [0.1, 0.15) is 5.89 Å². The first-order chi connectivity index (χ1) is 7.31. The fourth-order valence-corrected chi connectivity index (χ4v) is 1.79. The summed E-state index contributed by atoms with van der Waals surface area (Å²) in [6.45, 7) is 0. The Morgan fingerprint density at radius 2 is 2.07 bits per heavy atom. The molecule has 0 radical (unpaired) electrons. The van der Waals surface area contributed by atoms with Gasteiger partial charge in [0, 0.05) is 16.8 Å². The van der Waals surface area contributed by atoms with Gasteiger partial charge in [0.15, 0.2) is 0 Å². The second-order valence-electron chi connectivity index (χ2n) is 2.92. The average Bonchev–Trinajstić information content (AvgIpc) is 2.68. The molecule has 15 heavy (non-hydrogen) atoms. The molecule has 0 aliphatic carbocycles. The molecule has 3 nitrogen and oxygen atoms in total. The van der Waals surface area contributed by atoms with E-state index in [1.165, 1.54) is 0 Å². The van der Waals surface area contributed by atoms with Crippen molar-refractivity contribution in [2.45, 2.75) is 6.42 Å². The first-order valence-electron chi connectivity index (χ1n) is 4.44. The third-order valence-corrected chi connectivity index (χ3v) is 2.76. The van der Waals surface area contributed by atoms with Crippen LogP contribution in [0.25, 0.3) is 11.5 Å². The van der Waals surface area contributed by atoms with Crippen LogP contribution in [0.15, 0.2) is 33.2 Å². The summed E-state index contributed by atoms with van der Waals surface area (Å²) in [6.07, 6.45) is 0.596. The highest BCUT2D eigenvalue weighted by atomic mass is 79.9. The molecular weight excluding hydrogens is 279 g/mol. The molecule has 1 heterocycles. The summed E-state index contributed by atoms with van der Waals surface area (Å²) in [7, 11) is 0. The third kappa shape index (κ3) is 2.38. The molecule has 0 atom stereocenters. The largest absolute Gasteiger partial charge is 0.421 e. The second kappa shape index (κ2) is 4.77. The fourth-order valence-electron chi connectivity index (χ4n) is 1.18. The molecule has 0 amide bonds. The Bertz CT molecular complexity index is 458. The maximum atomic E-state index is 5.59. The van der Waals surface area contributed by atoms with Gasteiger partial charge in [-0.05, 0) is 28.1 Å². The van der Waals surface area contributed by atoms with Crippen LogP contribution in [-0.2, 0) is 6.42 Å². The van der Waals surface area contributed by atoms with Crippen LogP contribution in [0, 0.1) is 0 Å². The van der Waals surface area contributed by atoms with E-state index >= 15 is 0 Å². The van der Waals surface area contributed by atoms with E-state index in [9.17, 15) is 0 Å². The van der Waals surface area contributed by atoms with Crippen molar-refractivity contribution in [2.24, 2.45) is 0 Å². The van der Waals surface area contributed by atoms with E-state index in [4.69, 9.17) is 16.0 Å². The Morgan fingerprint density at radius 1 is 1.27 bits per heavy atom. The Kier molecular flexibility index (Phi) is 3.38. The Balaban J connectivity index is 2.33. The van der Waals surface area contributed by atoms with E-state index in [-0.39, 0.29) is 0 Å². The maximum absolute atomic E-state index is 5.59. The SMILES string of the molecule is ClCCc1nnc(-c2ccccc2Br)o1. The fraction of sp³-hybridized carbons (Fsp3) is 0.200. The smallest absolute Gasteiger partial charge is 0.248 e. The molecule has 0 saturated heterocycles. The van der Waals surface area contributed by atoms with E-state index in [1.807, 2.05) is 24.3 Å². The first-order valence-corrected chi connectivity index (χ1v) is 5.77. The van der Waals surface area contributed by atoms with Crippen LogP contribution in [0.3, 0.4) is 0 Å². The van der Waals surface area contributed by atoms with Crippen molar-refractivity contribution in [1.82, 2.24) is 10.2 Å². The molecule has 0 aliphatic rings. The minimum atomic E-state index is 0.484. The molecule has 0 aliphatic heterocycles. The summed E-state index contributed by atoms with van der Waals surface area (Å²) in [4.78, 5) is 0. The summed E-state index contributed by atoms with van der Waals surface area (Å²) < 4.78 is 6.39. The van der Waals surface area contributed by atoms with E-state index < -0.39 is 0 Å². The molecule has 1 aromatic heterocycles. The lowest BCUT2D eigenvalue weighted by molar-refractivity contribution is 0.513. The molecule has 0 spiro atoms. The summed E-state index contributed by atoms with van der Waals surface area (Å²) in [6, 6.07) is 7.71. The van der Waals surface area contributed by atoms with Gasteiger partial charge in [-0.15, -0.1) is 21.8 Å². The lowest BCUT2D eigenvalue weighted by Gasteiger charge is -1.96. The van der Waals surface area contributed by atoms with Crippen molar-refractivity contribution in [1.29, 1.82) is 0 Å². The number of benzene rings is 1. The summed E-state index contributed by atoms with van der Waals surface area (Å²) in [5, 5.41) is 7.86. The van der Waals surface area contributed by atoms with Gasteiger partial charge in [0.2, 0.25) is 11.8 Å². The van der Waals surface area contributed by atoms with Gasteiger partial charge in [0.05, 0.1) is 5.56 Å². The normalized spacial score (nSPS) is 10.5. The number of alkyl halides is 1. The van der Waals surface area contributed by atoms with Gasteiger partial charge in [-0.2, -0.15) is 0 Å². The van der Waals surface area contributed by atoms with E-state index in [2.05, 4.69) is 26.1 Å². The van der Waals surface area contributed by atoms with Crippen molar-refractivity contribution >= 4 is 27.5 Å². The minimum absolute atomic E-state index is 0.484. The number of hydrogen-bond acceptors (Lipinski definition) is 3. The second-order valence-corrected chi connectivity index (χ2v) is 4.15. The van der Waals surface area contributed by atoms with Crippen LogP contribution >= 0.6 is 27.5 Å². The molecule has 0 saturated carbocycles. The quantitative estimate of drug-likeness (QED) is 0.813. The van der Waals surface area contributed by atoms with E-state index in [0.29, 0.717) is 24.1 Å². The Hall–Kier alpha value is -0.870. The van der Waals surface area contributed by atoms with Gasteiger partial charge in [0.1, 0.15) is 0 Å². The Morgan fingerprint density at radius 3 is 2.80 bits per heavy atom. The van der Waals surface area contributed by atoms with Crippen molar-refractivity contribution in [2.75, 3.05) is 5.88 Å². The molecule has 1 aromatic carbocycles. The highest BCUT2D eigenvalue weighted by Gasteiger charge is 2.10. The van der Waals surface area contributed by atoms with Crippen LogP contribution in [0.5, 0.6) is 0 Å². The van der Waals surface area contributed by atoms with Crippen molar-refractivity contribution < 1.29 is 4.42 Å². The number of aromatic nitrogens is 2. The lowest BCUT2D eigenvalue weighted by atomic mass is 10.2. The molecule has 0 fully saturated rings. The van der Waals surface area contributed by atoms with Crippen molar-refractivity contribution in [3.8, 4) is 11.5 Å². The highest BCUT2D eigenvalue weighted by molar-refractivity contribution is 9.10. The molecule has 0 unspecified atom stereocenters. The van der Waals surface area contributed by atoms with Crippen LogP contribution in [0.2, 0.25) is 0 Å².